The van der Waals surface area contributed by atoms with Gasteiger partial charge in [-0.05, 0) is 81.2 Å². The quantitative estimate of drug-likeness (QED) is 0.350. The zero-order valence-corrected chi connectivity index (χ0v) is 21.6. The van der Waals surface area contributed by atoms with Crippen molar-refractivity contribution in [3.05, 3.63) is 65.5 Å². The average molecular weight is 513 g/mol. The molecule has 0 unspecified atom stereocenters. The number of nitrogens with one attached hydrogen (secondary N) is 1. The van der Waals surface area contributed by atoms with Gasteiger partial charge in [-0.1, -0.05) is 13.3 Å². The number of piperidine rings is 1. The molecule has 1 aromatic heterocycles. The number of ether oxygens (including phenoxy) is 3. The summed E-state index contributed by atoms with van der Waals surface area (Å²) in [6.45, 7) is 4.60. The molecule has 2 aromatic carbocycles. The molecule has 1 N–H and O–H groups in total. The minimum atomic E-state index is -0.766. The summed E-state index contributed by atoms with van der Waals surface area (Å²) in [5.74, 6) is 0.707. The summed E-state index contributed by atoms with van der Waals surface area (Å²) in [4.78, 5) is 10.8. The summed E-state index contributed by atoms with van der Waals surface area (Å²) in [6.07, 6.45) is 6.44. The minimum absolute atomic E-state index is 0.00233. The van der Waals surface area contributed by atoms with Crippen molar-refractivity contribution in [2.75, 3.05) is 39.2 Å². The van der Waals surface area contributed by atoms with Crippen LogP contribution in [0, 0.1) is 17.6 Å². The van der Waals surface area contributed by atoms with Crippen LogP contribution in [0.2, 0.25) is 0 Å². The van der Waals surface area contributed by atoms with Gasteiger partial charge in [-0.3, -0.25) is 0 Å². The maximum absolute atomic E-state index is 14.8. The van der Waals surface area contributed by atoms with Crippen molar-refractivity contribution >= 4 is 11.6 Å². The highest BCUT2D eigenvalue weighted by atomic mass is 19.1. The van der Waals surface area contributed by atoms with Crippen molar-refractivity contribution in [2.24, 2.45) is 5.92 Å². The lowest BCUT2D eigenvalue weighted by atomic mass is 9.98. The Morgan fingerprint density at radius 3 is 2.35 bits per heavy atom. The van der Waals surface area contributed by atoms with Crippen molar-refractivity contribution < 1.29 is 23.0 Å². The number of likely N-dealkylation sites (tertiary alicyclic amines) is 1. The van der Waals surface area contributed by atoms with Gasteiger partial charge in [0.15, 0.2) is 17.3 Å². The molecule has 0 amide bonds. The summed E-state index contributed by atoms with van der Waals surface area (Å²) in [7, 11) is 3.51. The van der Waals surface area contributed by atoms with Crippen LogP contribution in [0.3, 0.4) is 0 Å². The third kappa shape index (κ3) is 7.07. The molecule has 3 aromatic rings. The van der Waals surface area contributed by atoms with Crippen molar-refractivity contribution in [1.82, 2.24) is 14.9 Å². The van der Waals surface area contributed by atoms with Crippen LogP contribution in [0.15, 0.2) is 42.7 Å². The number of anilines is 2. The van der Waals surface area contributed by atoms with E-state index in [1.807, 2.05) is 31.2 Å². The van der Waals surface area contributed by atoms with E-state index in [-0.39, 0.29) is 17.9 Å². The van der Waals surface area contributed by atoms with Gasteiger partial charge in [0, 0.05) is 5.69 Å². The van der Waals surface area contributed by atoms with Crippen molar-refractivity contribution in [3.8, 4) is 17.2 Å². The molecule has 1 saturated heterocycles. The van der Waals surface area contributed by atoms with Crippen LogP contribution in [-0.2, 0) is 13.0 Å². The van der Waals surface area contributed by atoms with E-state index in [9.17, 15) is 8.78 Å². The second kappa shape index (κ2) is 12.7. The Balaban J connectivity index is 1.31. The Kier molecular flexibility index (Phi) is 9.11. The molecular weight excluding hydrogens is 478 g/mol. The first-order valence-electron chi connectivity index (χ1n) is 12.6. The maximum atomic E-state index is 14.8. The number of aromatic nitrogens is 2. The molecule has 0 radical (unpaired) electrons. The summed E-state index contributed by atoms with van der Waals surface area (Å²) in [5.41, 5.74) is 1.03. The lowest BCUT2D eigenvalue weighted by Gasteiger charge is -2.28. The molecule has 0 atom stereocenters. The highest BCUT2D eigenvalue weighted by Crippen LogP contribution is 2.29. The summed E-state index contributed by atoms with van der Waals surface area (Å²) < 4.78 is 46.1. The van der Waals surface area contributed by atoms with E-state index in [2.05, 4.69) is 27.2 Å². The first kappa shape index (κ1) is 26.6. The zero-order valence-electron chi connectivity index (χ0n) is 21.6. The zero-order chi connectivity index (χ0) is 26.2. The molecule has 1 aliphatic heterocycles. The van der Waals surface area contributed by atoms with Crippen molar-refractivity contribution in [2.45, 2.75) is 39.2 Å². The first-order valence-corrected chi connectivity index (χ1v) is 12.6. The monoisotopic (exact) mass is 512 g/mol. The van der Waals surface area contributed by atoms with Gasteiger partial charge < -0.3 is 24.4 Å². The van der Waals surface area contributed by atoms with Gasteiger partial charge in [-0.2, -0.15) is 0 Å². The Morgan fingerprint density at radius 2 is 1.70 bits per heavy atom. The summed E-state index contributed by atoms with van der Waals surface area (Å²) >= 11 is 0. The molecule has 0 bridgehead atoms. The number of nitrogens with zero attached hydrogens (tertiary/aromatic N) is 3. The van der Waals surface area contributed by atoms with E-state index in [1.54, 1.807) is 0 Å². The highest BCUT2D eigenvalue weighted by Gasteiger charge is 2.20. The lowest BCUT2D eigenvalue weighted by molar-refractivity contribution is 0.160. The van der Waals surface area contributed by atoms with Gasteiger partial charge in [0.25, 0.3) is 0 Å². The fourth-order valence-electron chi connectivity index (χ4n) is 4.27. The molecule has 0 aliphatic carbocycles. The third-order valence-electron chi connectivity index (χ3n) is 6.52. The Labute approximate surface area is 216 Å². The summed E-state index contributed by atoms with van der Waals surface area (Å²) in [5, 5.41) is 3.12. The number of rotatable bonds is 11. The van der Waals surface area contributed by atoms with Crippen molar-refractivity contribution in [1.29, 1.82) is 0 Å². The molecular formula is C28H34F2N4O3. The van der Waals surface area contributed by atoms with E-state index in [0.29, 0.717) is 29.6 Å². The van der Waals surface area contributed by atoms with Gasteiger partial charge in [-0.15, -0.1) is 0 Å². The van der Waals surface area contributed by atoms with Crippen molar-refractivity contribution in [3.63, 3.8) is 0 Å². The third-order valence-corrected chi connectivity index (χ3v) is 6.52. The van der Waals surface area contributed by atoms with Crippen LogP contribution in [-0.4, -0.2) is 48.7 Å². The fourth-order valence-corrected chi connectivity index (χ4v) is 4.27. The largest absolute Gasteiger partial charge is 0.494 e. The molecule has 9 heteroatoms. The van der Waals surface area contributed by atoms with E-state index in [0.717, 1.165) is 50.4 Å². The highest BCUT2D eigenvalue weighted by molar-refractivity contribution is 5.54. The maximum Gasteiger partial charge on any atom is 0.227 e. The molecule has 7 nitrogen and oxygen atoms in total. The predicted molar refractivity (Wildman–Crippen MR) is 139 cm³/mol. The van der Waals surface area contributed by atoms with E-state index >= 15 is 0 Å². The van der Waals surface area contributed by atoms with Gasteiger partial charge >= 0.3 is 0 Å². The molecule has 4 rings (SSSR count). The minimum Gasteiger partial charge on any atom is -0.494 e. The molecule has 2 heterocycles. The SMILES string of the molecule is CCCc1cc(OC)c(F)c(COc2cnc(Nc3ccc(OCC4CCN(C)CC4)cc3)nc2)c1F. The molecule has 0 saturated carbocycles. The number of hydrogen-bond acceptors (Lipinski definition) is 7. The van der Waals surface area contributed by atoms with Gasteiger partial charge in [0.2, 0.25) is 5.95 Å². The number of benzene rings is 2. The Hall–Kier alpha value is -3.46. The van der Waals surface area contributed by atoms with Crippen LogP contribution >= 0.6 is 0 Å². The second-order valence-corrected chi connectivity index (χ2v) is 9.33. The number of halogens is 2. The molecule has 198 valence electrons. The van der Waals surface area contributed by atoms with Gasteiger partial charge in [-0.25, -0.2) is 18.7 Å². The number of hydrogen-bond donors (Lipinski definition) is 1. The molecule has 1 fully saturated rings. The molecule has 0 spiro atoms. The van der Waals surface area contributed by atoms with Gasteiger partial charge in [0.1, 0.15) is 18.2 Å². The van der Waals surface area contributed by atoms with Crippen LogP contribution in [0.4, 0.5) is 20.4 Å². The molecule has 37 heavy (non-hydrogen) atoms. The second-order valence-electron chi connectivity index (χ2n) is 9.33. The normalized spacial score (nSPS) is 14.4. The first-order chi connectivity index (χ1) is 18.0. The Bertz CT molecular complexity index is 1150. The number of methoxy groups -OCH3 is 1. The molecule has 1 aliphatic rings. The van der Waals surface area contributed by atoms with E-state index in [4.69, 9.17) is 14.2 Å². The van der Waals surface area contributed by atoms with Crippen LogP contribution in [0.25, 0.3) is 0 Å². The fraction of sp³-hybridized carbons (Fsp3) is 0.429. The van der Waals surface area contributed by atoms with Crippen LogP contribution in [0.5, 0.6) is 17.2 Å². The lowest BCUT2D eigenvalue weighted by Crippen LogP contribution is -2.32. The smallest absolute Gasteiger partial charge is 0.227 e. The van der Waals surface area contributed by atoms with E-state index in [1.165, 1.54) is 25.6 Å². The van der Waals surface area contributed by atoms with E-state index < -0.39 is 11.6 Å². The standard InChI is InChI=1S/C28H34F2N4O3/c1-4-5-20-14-25(35-3)27(30)24(26(20)29)18-37-23-15-31-28(32-16-23)33-21-6-8-22(9-7-21)36-17-19-10-12-34(2)13-11-19/h6-9,14-16,19H,4-5,10-13,17-18H2,1-3H3,(H,31,32,33). The number of aryl methyl sites for hydroxylation is 1. The topological polar surface area (TPSA) is 68.7 Å². The van der Waals surface area contributed by atoms with Crippen LogP contribution in [0.1, 0.15) is 37.3 Å². The predicted octanol–water partition coefficient (Wildman–Crippen LogP) is 5.76. The Morgan fingerprint density at radius 1 is 1.00 bits per heavy atom. The van der Waals surface area contributed by atoms with Gasteiger partial charge in [0.05, 0.1) is 31.7 Å². The van der Waals surface area contributed by atoms with Crippen LogP contribution < -0.4 is 19.5 Å². The average Bonchev–Trinajstić information content (AvgIpc) is 2.91. The summed E-state index contributed by atoms with van der Waals surface area (Å²) in [6, 6.07) is 9.03.